The minimum atomic E-state index is 0.830. The van der Waals surface area contributed by atoms with Gasteiger partial charge >= 0.3 is 0 Å². The quantitative estimate of drug-likeness (QED) is 0.456. The van der Waals surface area contributed by atoms with Gasteiger partial charge in [0.05, 0.1) is 27.2 Å². The van der Waals surface area contributed by atoms with E-state index in [4.69, 9.17) is 5.73 Å². The Kier molecular flexibility index (Phi) is 7.29. The van der Waals surface area contributed by atoms with Crippen LogP contribution in [0.25, 0.3) is 0 Å². The summed E-state index contributed by atoms with van der Waals surface area (Å²) in [7, 11) is 4.61. The summed E-state index contributed by atoms with van der Waals surface area (Å²) in [4.78, 5) is 0. The van der Waals surface area contributed by atoms with Crippen molar-refractivity contribution in [2.24, 2.45) is 5.73 Å². The van der Waals surface area contributed by atoms with Crippen LogP contribution in [0.3, 0.4) is 0 Å². The minimum Gasteiger partial charge on any atom is -0.330 e. The third kappa shape index (κ3) is 8.26. The molecule has 0 fully saturated rings. The molecule has 0 aromatic rings. The van der Waals surface area contributed by atoms with E-state index in [-0.39, 0.29) is 0 Å². The fourth-order valence-corrected chi connectivity index (χ4v) is 1.60. The molecule has 0 saturated heterocycles. The van der Waals surface area contributed by atoms with Gasteiger partial charge < -0.3 is 10.2 Å². The fraction of sp³-hybridized carbons (Fsp3) is 1.00. The molecule has 0 amide bonds. The van der Waals surface area contributed by atoms with Gasteiger partial charge in [0, 0.05) is 6.42 Å². The van der Waals surface area contributed by atoms with E-state index in [1.165, 1.54) is 38.8 Å². The zero-order valence-corrected chi connectivity index (χ0v) is 9.68. The molecule has 2 N–H and O–H groups in total. The number of rotatable bonds is 8. The zero-order valence-electron chi connectivity index (χ0n) is 9.68. The third-order valence-electron chi connectivity index (χ3n) is 2.58. The van der Waals surface area contributed by atoms with E-state index in [1.807, 2.05) is 0 Å². The lowest BCUT2D eigenvalue weighted by molar-refractivity contribution is -0.890. The zero-order chi connectivity index (χ0) is 10.2. The smallest absolute Gasteiger partial charge is 0.0794 e. The second kappa shape index (κ2) is 7.34. The first-order chi connectivity index (χ1) is 6.12. The number of quaternary nitrogens is 1. The van der Waals surface area contributed by atoms with Gasteiger partial charge in [0.15, 0.2) is 0 Å². The van der Waals surface area contributed by atoms with Crippen LogP contribution in [0.4, 0.5) is 0 Å². The summed E-state index contributed by atoms with van der Waals surface area (Å²) >= 11 is 0. The summed E-state index contributed by atoms with van der Waals surface area (Å²) in [6, 6.07) is 0. The molecule has 0 atom stereocenters. The first-order valence-electron chi connectivity index (χ1n) is 5.64. The average Bonchev–Trinajstić information content (AvgIpc) is 2.09. The molecule has 0 unspecified atom stereocenters. The molecule has 0 aliphatic carbocycles. The van der Waals surface area contributed by atoms with E-state index >= 15 is 0 Å². The standard InChI is InChI=1S/C11H27N2/c1-4-5-6-7-10-13(2,3)11-8-9-12/h4-12H2,1-3H3/q+1. The van der Waals surface area contributed by atoms with Gasteiger partial charge in [-0.2, -0.15) is 0 Å². The van der Waals surface area contributed by atoms with Crippen LogP contribution in [0, 0.1) is 0 Å². The molecule has 0 saturated carbocycles. The van der Waals surface area contributed by atoms with Crippen LogP contribution in [0.2, 0.25) is 0 Å². The Labute approximate surface area is 83.7 Å². The predicted molar refractivity (Wildman–Crippen MR) is 59.7 cm³/mol. The first kappa shape index (κ1) is 12.9. The van der Waals surface area contributed by atoms with E-state index in [1.54, 1.807) is 0 Å². The van der Waals surface area contributed by atoms with Crippen LogP contribution in [-0.4, -0.2) is 38.2 Å². The molecular weight excluding hydrogens is 160 g/mol. The maximum absolute atomic E-state index is 5.50. The second-order valence-electron chi connectivity index (χ2n) is 4.59. The largest absolute Gasteiger partial charge is 0.330 e. The summed E-state index contributed by atoms with van der Waals surface area (Å²) in [6.45, 7) is 5.62. The van der Waals surface area contributed by atoms with Crippen molar-refractivity contribution in [3.63, 3.8) is 0 Å². The molecule has 0 spiro atoms. The van der Waals surface area contributed by atoms with Crippen LogP contribution in [0.1, 0.15) is 39.0 Å². The number of nitrogens with zero attached hydrogens (tertiary/aromatic N) is 1. The van der Waals surface area contributed by atoms with E-state index in [2.05, 4.69) is 21.0 Å². The summed E-state index contributed by atoms with van der Waals surface area (Å²) in [5, 5.41) is 0. The van der Waals surface area contributed by atoms with Crippen molar-refractivity contribution in [1.29, 1.82) is 0 Å². The van der Waals surface area contributed by atoms with Gasteiger partial charge in [-0.15, -0.1) is 0 Å². The topological polar surface area (TPSA) is 26.0 Å². The molecule has 0 bridgehead atoms. The van der Waals surface area contributed by atoms with Crippen molar-refractivity contribution in [1.82, 2.24) is 0 Å². The van der Waals surface area contributed by atoms with E-state index < -0.39 is 0 Å². The van der Waals surface area contributed by atoms with E-state index in [9.17, 15) is 0 Å². The molecule has 80 valence electrons. The summed E-state index contributed by atoms with van der Waals surface area (Å²) < 4.78 is 1.14. The van der Waals surface area contributed by atoms with Crippen molar-refractivity contribution in [3.05, 3.63) is 0 Å². The highest BCUT2D eigenvalue weighted by Crippen LogP contribution is 2.05. The lowest BCUT2D eigenvalue weighted by atomic mass is 10.2. The van der Waals surface area contributed by atoms with Crippen molar-refractivity contribution >= 4 is 0 Å². The van der Waals surface area contributed by atoms with E-state index in [0.717, 1.165) is 17.4 Å². The normalized spacial score (nSPS) is 12.0. The Balaban J connectivity index is 3.39. The summed E-state index contributed by atoms with van der Waals surface area (Å²) in [6.07, 6.45) is 6.63. The summed E-state index contributed by atoms with van der Waals surface area (Å²) in [5.41, 5.74) is 5.50. The van der Waals surface area contributed by atoms with Crippen molar-refractivity contribution in [2.75, 3.05) is 33.7 Å². The highest BCUT2D eigenvalue weighted by molar-refractivity contribution is 4.42. The second-order valence-corrected chi connectivity index (χ2v) is 4.59. The maximum atomic E-state index is 5.50. The number of hydrogen-bond acceptors (Lipinski definition) is 1. The number of nitrogens with two attached hydrogens (primary N) is 1. The van der Waals surface area contributed by atoms with Gasteiger partial charge in [-0.1, -0.05) is 19.8 Å². The monoisotopic (exact) mass is 187 g/mol. The Bertz CT molecular complexity index is 111. The van der Waals surface area contributed by atoms with Gasteiger partial charge in [0.2, 0.25) is 0 Å². The summed E-state index contributed by atoms with van der Waals surface area (Å²) in [5.74, 6) is 0. The Morgan fingerprint density at radius 3 is 2.08 bits per heavy atom. The van der Waals surface area contributed by atoms with Gasteiger partial charge in [-0.05, 0) is 19.4 Å². The molecule has 0 aliphatic heterocycles. The molecule has 0 aromatic carbocycles. The van der Waals surface area contributed by atoms with Gasteiger partial charge in [-0.25, -0.2) is 0 Å². The van der Waals surface area contributed by atoms with Crippen LogP contribution >= 0.6 is 0 Å². The number of hydrogen-bond donors (Lipinski definition) is 1. The molecule has 0 aromatic heterocycles. The first-order valence-corrected chi connectivity index (χ1v) is 5.64. The molecule has 0 rings (SSSR count). The van der Waals surface area contributed by atoms with Crippen LogP contribution < -0.4 is 5.73 Å². The molecule has 0 heterocycles. The maximum Gasteiger partial charge on any atom is 0.0794 e. The van der Waals surface area contributed by atoms with Crippen LogP contribution in [0.15, 0.2) is 0 Å². The lowest BCUT2D eigenvalue weighted by Crippen LogP contribution is -2.41. The van der Waals surface area contributed by atoms with Crippen LogP contribution in [0.5, 0.6) is 0 Å². The lowest BCUT2D eigenvalue weighted by Gasteiger charge is -2.29. The van der Waals surface area contributed by atoms with E-state index in [0.29, 0.717) is 0 Å². The molecule has 2 heteroatoms. The third-order valence-corrected chi connectivity index (χ3v) is 2.58. The highest BCUT2D eigenvalue weighted by atomic mass is 15.3. The molecule has 2 nitrogen and oxygen atoms in total. The molecular formula is C11H27N2+. The van der Waals surface area contributed by atoms with Gasteiger partial charge in [-0.3, -0.25) is 0 Å². The molecule has 0 radical (unpaired) electrons. The molecule has 13 heavy (non-hydrogen) atoms. The van der Waals surface area contributed by atoms with Gasteiger partial charge in [0.25, 0.3) is 0 Å². The van der Waals surface area contributed by atoms with Crippen LogP contribution in [-0.2, 0) is 0 Å². The van der Waals surface area contributed by atoms with Gasteiger partial charge in [0.1, 0.15) is 0 Å². The van der Waals surface area contributed by atoms with Crippen molar-refractivity contribution in [3.8, 4) is 0 Å². The average molecular weight is 187 g/mol. The Hall–Kier alpha value is -0.0800. The predicted octanol–water partition coefficient (Wildman–Crippen LogP) is 1.99. The van der Waals surface area contributed by atoms with Crippen molar-refractivity contribution in [2.45, 2.75) is 39.0 Å². The fourth-order valence-electron chi connectivity index (χ4n) is 1.60. The minimum absolute atomic E-state index is 0.830. The molecule has 0 aliphatic rings. The Morgan fingerprint density at radius 1 is 0.923 bits per heavy atom. The Morgan fingerprint density at radius 2 is 1.54 bits per heavy atom. The van der Waals surface area contributed by atoms with Crippen molar-refractivity contribution < 1.29 is 4.48 Å². The number of unbranched alkanes of at least 4 members (excludes halogenated alkanes) is 3. The highest BCUT2D eigenvalue weighted by Gasteiger charge is 2.12. The SMILES string of the molecule is CCCCCC[N+](C)(C)CCCN.